The maximum atomic E-state index is 5.97. The third-order valence-electron chi connectivity index (χ3n) is 3.87. The van der Waals surface area contributed by atoms with E-state index in [2.05, 4.69) is 6.92 Å². The van der Waals surface area contributed by atoms with Gasteiger partial charge in [-0.1, -0.05) is 19.8 Å². The molecule has 1 spiro atoms. The van der Waals surface area contributed by atoms with E-state index in [1.165, 1.54) is 32.1 Å². The van der Waals surface area contributed by atoms with Crippen molar-refractivity contribution in [3.05, 3.63) is 0 Å². The molecule has 0 radical (unpaired) electrons. The molecule has 2 aliphatic rings. The first-order valence-corrected chi connectivity index (χ1v) is 5.52. The van der Waals surface area contributed by atoms with Crippen molar-refractivity contribution in [3.8, 4) is 0 Å². The Kier molecular flexibility index (Phi) is 2.37. The van der Waals surface area contributed by atoms with Crippen LogP contribution < -0.4 is 5.73 Å². The first-order chi connectivity index (χ1) is 6.18. The highest BCUT2D eigenvalue weighted by Crippen LogP contribution is 2.46. The second-order valence-electron chi connectivity index (χ2n) is 5.18. The highest BCUT2D eigenvalue weighted by molar-refractivity contribution is 4.96. The Morgan fingerprint density at radius 3 is 2.54 bits per heavy atom. The van der Waals surface area contributed by atoms with Crippen LogP contribution in [0.1, 0.15) is 45.4 Å². The number of ether oxygens (including phenoxy) is 1. The van der Waals surface area contributed by atoms with Gasteiger partial charge in [-0.3, -0.25) is 0 Å². The van der Waals surface area contributed by atoms with Gasteiger partial charge in [0.2, 0.25) is 0 Å². The van der Waals surface area contributed by atoms with Crippen molar-refractivity contribution in [2.75, 3.05) is 13.2 Å². The van der Waals surface area contributed by atoms with E-state index in [0.717, 1.165) is 19.6 Å². The predicted molar refractivity (Wildman–Crippen MR) is 53.5 cm³/mol. The van der Waals surface area contributed by atoms with Gasteiger partial charge in [-0.05, 0) is 37.6 Å². The van der Waals surface area contributed by atoms with Crippen LogP contribution in [0.25, 0.3) is 0 Å². The minimum absolute atomic E-state index is 0.229. The van der Waals surface area contributed by atoms with E-state index in [1.54, 1.807) is 0 Å². The third-order valence-corrected chi connectivity index (χ3v) is 3.87. The molecule has 0 aromatic rings. The normalized spacial score (nSPS) is 38.3. The molecule has 2 rings (SSSR count). The third kappa shape index (κ3) is 1.75. The molecule has 13 heavy (non-hydrogen) atoms. The van der Waals surface area contributed by atoms with E-state index in [4.69, 9.17) is 10.5 Å². The summed E-state index contributed by atoms with van der Waals surface area (Å²) in [7, 11) is 0. The Morgan fingerprint density at radius 1 is 1.23 bits per heavy atom. The summed E-state index contributed by atoms with van der Waals surface area (Å²) in [6.07, 6.45) is 7.56. The number of hydrogen-bond acceptors (Lipinski definition) is 2. The Morgan fingerprint density at radius 2 is 1.92 bits per heavy atom. The van der Waals surface area contributed by atoms with E-state index < -0.39 is 0 Å². The zero-order valence-corrected chi connectivity index (χ0v) is 8.64. The largest absolute Gasteiger partial charge is 0.375 e. The van der Waals surface area contributed by atoms with E-state index in [9.17, 15) is 0 Å². The number of rotatable bonds is 1. The molecule has 0 aromatic carbocycles. The van der Waals surface area contributed by atoms with Gasteiger partial charge >= 0.3 is 0 Å². The molecular weight excluding hydrogens is 162 g/mol. The van der Waals surface area contributed by atoms with E-state index in [-0.39, 0.29) is 5.60 Å². The summed E-state index contributed by atoms with van der Waals surface area (Å²) < 4.78 is 5.97. The van der Waals surface area contributed by atoms with Crippen molar-refractivity contribution in [2.45, 2.75) is 51.0 Å². The van der Waals surface area contributed by atoms with Crippen LogP contribution >= 0.6 is 0 Å². The minimum atomic E-state index is 0.229. The lowest BCUT2D eigenvalue weighted by Gasteiger charge is -2.44. The lowest BCUT2D eigenvalue weighted by atomic mass is 9.74. The van der Waals surface area contributed by atoms with Crippen molar-refractivity contribution >= 4 is 0 Å². The average Bonchev–Trinajstić information content (AvgIpc) is 2.53. The van der Waals surface area contributed by atoms with Crippen molar-refractivity contribution in [1.29, 1.82) is 0 Å². The molecule has 0 aromatic heterocycles. The van der Waals surface area contributed by atoms with Crippen LogP contribution in [0.3, 0.4) is 0 Å². The molecule has 1 atom stereocenters. The zero-order valence-electron chi connectivity index (χ0n) is 8.64. The lowest BCUT2D eigenvalue weighted by Crippen LogP contribution is -2.45. The standard InChI is InChI=1S/C11H21NO/c1-10(9-12)6-7-13-11(8-10)4-2-3-5-11/h2-9,12H2,1H3. The van der Waals surface area contributed by atoms with Gasteiger partial charge in [0.1, 0.15) is 0 Å². The fourth-order valence-electron chi connectivity index (χ4n) is 2.95. The Hall–Kier alpha value is -0.0800. The molecule has 1 aliphatic heterocycles. The van der Waals surface area contributed by atoms with E-state index >= 15 is 0 Å². The molecular formula is C11H21NO. The molecule has 2 heteroatoms. The Labute approximate surface area is 80.8 Å². The molecule has 1 saturated carbocycles. The lowest BCUT2D eigenvalue weighted by molar-refractivity contribution is -0.115. The van der Waals surface area contributed by atoms with Gasteiger partial charge in [0.25, 0.3) is 0 Å². The number of hydrogen-bond donors (Lipinski definition) is 1. The summed E-state index contributed by atoms with van der Waals surface area (Å²) in [5.41, 5.74) is 6.41. The Bertz CT molecular complexity index is 187. The quantitative estimate of drug-likeness (QED) is 0.675. The second-order valence-corrected chi connectivity index (χ2v) is 5.18. The monoisotopic (exact) mass is 183 g/mol. The molecule has 1 aliphatic carbocycles. The van der Waals surface area contributed by atoms with Crippen LogP contribution in [0.4, 0.5) is 0 Å². The van der Waals surface area contributed by atoms with Gasteiger partial charge in [0.15, 0.2) is 0 Å². The first kappa shape index (κ1) is 9.47. The summed E-state index contributed by atoms with van der Waals surface area (Å²) in [4.78, 5) is 0. The first-order valence-electron chi connectivity index (χ1n) is 5.52. The molecule has 2 fully saturated rings. The van der Waals surface area contributed by atoms with E-state index in [1.807, 2.05) is 0 Å². The topological polar surface area (TPSA) is 35.2 Å². The molecule has 2 nitrogen and oxygen atoms in total. The molecule has 0 bridgehead atoms. The predicted octanol–water partition coefficient (Wildman–Crippen LogP) is 2.07. The molecule has 76 valence electrons. The van der Waals surface area contributed by atoms with Crippen LogP contribution in [0.15, 0.2) is 0 Å². The van der Waals surface area contributed by atoms with Crippen LogP contribution in [0.5, 0.6) is 0 Å². The van der Waals surface area contributed by atoms with E-state index in [0.29, 0.717) is 5.41 Å². The molecule has 0 amide bonds. The summed E-state index contributed by atoms with van der Waals surface area (Å²) >= 11 is 0. The van der Waals surface area contributed by atoms with Crippen molar-refractivity contribution in [2.24, 2.45) is 11.1 Å². The molecule has 1 saturated heterocycles. The highest BCUT2D eigenvalue weighted by atomic mass is 16.5. The van der Waals surface area contributed by atoms with Crippen molar-refractivity contribution in [3.63, 3.8) is 0 Å². The van der Waals surface area contributed by atoms with Gasteiger partial charge in [-0.15, -0.1) is 0 Å². The van der Waals surface area contributed by atoms with Crippen LogP contribution in [0.2, 0.25) is 0 Å². The van der Waals surface area contributed by atoms with Gasteiger partial charge in [-0.2, -0.15) is 0 Å². The summed E-state index contributed by atoms with van der Waals surface area (Å²) in [5, 5.41) is 0. The maximum Gasteiger partial charge on any atom is 0.0688 e. The van der Waals surface area contributed by atoms with Crippen LogP contribution in [0, 0.1) is 5.41 Å². The average molecular weight is 183 g/mol. The fourth-order valence-corrected chi connectivity index (χ4v) is 2.95. The summed E-state index contributed by atoms with van der Waals surface area (Å²) in [6.45, 7) is 4.06. The van der Waals surface area contributed by atoms with Crippen LogP contribution in [-0.2, 0) is 4.74 Å². The van der Waals surface area contributed by atoms with Gasteiger partial charge in [0, 0.05) is 6.61 Å². The van der Waals surface area contributed by atoms with Gasteiger partial charge in [-0.25, -0.2) is 0 Å². The van der Waals surface area contributed by atoms with Gasteiger partial charge in [0.05, 0.1) is 5.60 Å². The summed E-state index contributed by atoms with van der Waals surface area (Å²) in [5.74, 6) is 0. The highest BCUT2D eigenvalue weighted by Gasteiger charge is 2.44. The molecule has 2 N–H and O–H groups in total. The number of nitrogens with two attached hydrogens (primary N) is 1. The summed E-state index contributed by atoms with van der Waals surface area (Å²) in [6, 6.07) is 0. The zero-order chi connectivity index (χ0) is 9.36. The smallest absolute Gasteiger partial charge is 0.0688 e. The second kappa shape index (κ2) is 3.25. The van der Waals surface area contributed by atoms with Crippen molar-refractivity contribution < 1.29 is 4.74 Å². The maximum absolute atomic E-state index is 5.97. The SMILES string of the molecule is CC1(CN)CCOC2(CCCC2)C1. The van der Waals surface area contributed by atoms with Gasteiger partial charge < -0.3 is 10.5 Å². The molecule has 1 unspecified atom stereocenters. The van der Waals surface area contributed by atoms with Crippen molar-refractivity contribution in [1.82, 2.24) is 0 Å². The minimum Gasteiger partial charge on any atom is -0.375 e. The Balaban J connectivity index is 2.06. The van der Waals surface area contributed by atoms with Crippen LogP contribution in [-0.4, -0.2) is 18.8 Å². The fraction of sp³-hybridized carbons (Fsp3) is 1.00. The molecule has 1 heterocycles.